The molecule has 4 heteroatoms. The van der Waals surface area contributed by atoms with Gasteiger partial charge in [0.05, 0.1) is 0 Å². The van der Waals surface area contributed by atoms with Crippen molar-refractivity contribution in [3.05, 3.63) is 5.21 Å². The van der Waals surface area contributed by atoms with E-state index in [4.69, 9.17) is 5.21 Å². The zero-order valence-electron chi connectivity index (χ0n) is 2.23. The molecule has 0 saturated heterocycles. The maximum atomic E-state index is 8.00. The largest absolute Gasteiger partial charge is 0.637 e. The average molecular weight is 86.5 g/mol. The predicted octanol–water partition coefficient (Wildman–Crippen LogP) is -0.690. The third-order valence-electron chi connectivity index (χ3n) is 0. The van der Waals surface area contributed by atoms with Crippen LogP contribution in [0.15, 0.2) is 0 Å². The summed E-state index contributed by atoms with van der Waals surface area (Å²) >= 11 is 0. The highest BCUT2D eigenvalue weighted by Gasteiger charge is 0.490. The third kappa shape index (κ3) is 103. The number of quaternary nitrogens is 1. The minimum Gasteiger partial charge on any atom is -0.637 e. The highest BCUT2D eigenvalue weighted by molar-refractivity contribution is 5.85. The topological polar surface area (TPSA) is 85.7 Å². The molecule has 0 saturated carbocycles. The van der Waals surface area contributed by atoms with Gasteiger partial charge in [0, 0.05) is 0 Å². The van der Waals surface area contributed by atoms with Crippen molar-refractivity contribution in [3.8, 4) is 0 Å². The molecule has 0 spiro atoms. The Morgan fingerprint density at radius 2 is 1.25 bits per heavy atom. The van der Waals surface area contributed by atoms with Crippen LogP contribution in [0.3, 0.4) is 0 Å². The van der Waals surface area contributed by atoms with Gasteiger partial charge in [0.25, 0.3) is 0 Å². The molecule has 0 rings (SSSR count). The molecule has 0 aliphatic heterocycles. The number of halogens is 1. The van der Waals surface area contributed by atoms with Gasteiger partial charge in [-0.25, -0.2) is 0 Å². The van der Waals surface area contributed by atoms with Gasteiger partial charge in [-0.3, -0.25) is 0 Å². The molecule has 0 aliphatic rings. The monoisotopic (exact) mass is 86.0 g/mol. The molecule has 0 bridgehead atoms. The van der Waals surface area contributed by atoms with E-state index in [1.165, 1.54) is 0 Å². The van der Waals surface area contributed by atoms with E-state index >= 15 is 0 Å². The smallest absolute Gasteiger partial charge is 0.147 e. The van der Waals surface area contributed by atoms with Crippen LogP contribution in [0.5, 0.6) is 0 Å². The highest BCUT2D eigenvalue weighted by atomic mass is 35.5. The fourth-order valence-corrected chi connectivity index (χ4v) is 0. The van der Waals surface area contributed by atoms with Crippen LogP contribution in [0.25, 0.3) is 0 Å². The van der Waals surface area contributed by atoms with Crippen LogP contribution >= 0.6 is 12.4 Å². The van der Waals surface area contributed by atoms with Crippen molar-refractivity contribution in [3.63, 3.8) is 0 Å². The maximum absolute atomic E-state index is 8.00. The fraction of sp³-hybridized carbons (Fsp3) is 0. The Kier molecular flexibility index (Phi) is 3950. The molecule has 0 aromatic carbocycles. The molecule has 30 valence electrons. The summed E-state index contributed by atoms with van der Waals surface area (Å²) in [6.07, 6.45) is 0. The van der Waals surface area contributed by atoms with Gasteiger partial charge in [-0.1, -0.05) is 0 Å². The Morgan fingerprint density at radius 3 is 1.25 bits per heavy atom. The summed E-state index contributed by atoms with van der Waals surface area (Å²) in [6, 6.07) is 0. The van der Waals surface area contributed by atoms with E-state index in [0.29, 0.717) is 0 Å². The van der Waals surface area contributed by atoms with Crippen LogP contribution in [0.1, 0.15) is 0 Å². The minimum absolute atomic E-state index is 0. The van der Waals surface area contributed by atoms with Crippen LogP contribution in [0.2, 0.25) is 0 Å². The molecule has 4 heavy (non-hydrogen) atoms. The molecule has 0 aromatic rings. The molecular formula is H7ClN2O. The molecule has 0 fully saturated rings. The summed E-state index contributed by atoms with van der Waals surface area (Å²) < 4.78 is 0. The van der Waals surface area contributed by atoms with E-state index in [2.05, 4.69) is 0 Å². The quantitative estimate of drug-likeness (QED) is 0.382. The minimum atomic E-state index is 0. The molecule has 0 unspecified atom stereocenters. The Bertz CT molecular complexity index is 6.00. The first kappa shape index (κ1) is 30.6. The molecule has 0 atom stereocenters. The molecule has 0 amide bonds. The normalized spacial score (nSPS) is 1.50. The second-order valence-corrected chi connectivity index (χ2v) is 0. The lowest BCUT2D eigenvalue weighted by atomic mass is 13.6. The molecule has 0 aliphatic carbocycles. The summed E-state index contributed by atoms with van der Waals surface area (Å²) in [5.41, 5.74) is 0. The van der Waals surface area contributed by atoms with E-state index in [0.717, 1.165) is 0 Å². The van der Waals surface area contributed by atoms with Crippen molar-refractivity contribution < 1.29 is 5.90 Å². The third-order valence-corrected chi connectivity index (χ3v) is 0. The van der Waals surface area contributed by atoms with E-state index in [1.54, 1.807) is 0 Å². The first-order valence-corrected chi connectivity index (χ1v) is 0.289. The molecule has 0 radical (unpaired) electrons. The Labute approximate surface area is 30.8 Å². The highest BCUT2D eigenvalue weighted by Crippen LogP contribution is 0.690. The van der Waals surface area contributed by atoms with Crippen molar-refractivity contribution in [2.75, 3.05) is 0 Å². The summed E-state index contributed by atoms with van der Waals surface area (Å²) in [6.45, 7) is 0. The Morgan fingerprint density at radius 1 is 1.25 bits per heavy atom. The van der Waals surface area contributed by atoms with Crippen LogP contribution in [0, 0.1) is 5.21 Å². The molecule has 6 N–H and O–H groups in total. The van der Waals surface area contributed by atoms with Crippen molar-refractivity contribution in [1.29, 1.82) is 0 Å². The molecule has 0 heterocycles. The summed E-state index contributed by atoms with van der Waals surface area (Å²) in [5, 5.41) is 8.00. The van der Waals surface area contributed by atoms with Gasteiger partial charge in [-0.2, -0.15) is 0 Å². The second-order valence-electron chi connectivity index (χ2n) is 0. The van der Waals surface area contributed by atoms with Crippen molar-refractivity contribution in [2.45, 2.75) is 0 Å². The predicted molar refractivity (Wildman–Crippen MR) is 18.5 cm³/mol. The molecule has 3 nitrogen and oxygen atoms in total. The van der Waals surface area contributed by atoms with E-state index < -0.39 is 0 Å². The SMILES string of the molecule is Cl.N.[NH3+][O-]. The van der Waals surface area contributed by atoms with Crippen molar-refractivity contribution in [1.82, 2.24) is 6.15 Å². The lowest BCUT2D eigenvalue weighted by molar-refractivity contribution is -0.275. The second kappa shape index (κ2) is 517. The Balaban J connectivity index is -0.00000000500. The maximum Gasteiger partial charge on any atom is -0.147 e. The standard InChI is InChI=1S/ClH.H3NO.H3N/c;1-2;/h1H;1H3;1H3. The lowest BCUT2D eigenvalue weighted by Gasteiger charge is -1.52. The zero-order valence-corrected chi connectivity index (χ0v) is 3.05. The Hall–Kier alpha value is 0.170. The molecule has 0 aromatic heterocycles. The lowest BCUT2D eigenvalue weighted by Crippen LogP contribution is -2.37. The van der Waals surface area contributed by atoms with E-state index in [-0.39, 0.29) is 18.6 Å². The van der Waals surface area contributed by atoms with E-state index in [1.807, 2.05) is 5.90 Å². The molecular weight excluding hydrogens is 79.5 g/mol. The van der Waals surface area contributed by atoms with Crippen LogP contribution in [-0.4, -0.2) is 0 Å². The van der Waals surface area contributed by atoms with Crippen LogP contribution < -0.4 is 12.0 Å². The van der Waals surface area contributed by atoms with Gasteiger partial charge in [-0.15, -0.1) is 12.4 Å². The number of hydrogen-bond acceptors (Lipinski definition) is 2. The number of rotatable bonds is 0. The first-order valence-electron chi connectivity index (χ1n) is 0.289. The van der Waals surface area contributed by atoms with Crippen molar-refractivity contribution >= 4 is 12.4 Å². The summed E-state index contributed by atoms with van der Waals surface area (Å²) in [5.74, 6) is 2.00. The van der Waals surface area contributed by atoms with Gasteiger partial charge in [0.1, 0.15) is 0 Å². The average Bonchev–Trinajstić information content (AvgIpc) is 1.00. The zero-order chi connectivity index (χ0) is 2.00. The van der Waals surface area contributed by atoms with Gasteiger partial charge in [-0.05, 0) is 0 Å². The van der Waals surface area contributed by atoms with Gasteiger partial charge < -0.3 is 17.3 Å². The van der Waals surface area contributed by atoms with Crippen LogP contribution in [0.4, 0.5) is 0 Å². The van der Waals surface area contributed by atoms with Crippen LogP contribution in [-0.2, 0) is 0 Å². The van der Waals surface area contributed by atoms with Gasteiger partial charge in [0.15, 0.2) is 0 Å². The van der Waals surface area contributed by atoms with Gasteiger partial charge in [0.2, 0.25) is 0 Å². The summed E-state index contributed by atoms with van der Waals surface area (Å²) in [7, 11) is 0. The van der Waals surface area contributed by atoms with Crippen molar-refractivity contribution in [2.24, 2.45) is 0 Å². The first-order chi connectivity index (χ1) is 1.00. The fourth-order valence-electron chi connectivity index (χ4n) is 0. The van der Waals surface area contributed by atoms with Gasteiger partial charge >= 0.3 is 0 Å². The summed E-state index contributed by atoms with van der Waals surface area (Å²) in [4.78, 5) is 0. The number of hydrogen-bond donors (Lipinski definition) is 2. The van der Waals surface area contributed by atoms with E-state index in [9.17, 15) is 0 Å².